The molecule has 5 nitrogen and oxygen atoms in total. The summed E-state index contributed by atoms with van der Waals surface area (Å²) in [6, 6.07) is 15.9. The van der Waals surface area contributed by atoms with E-state index in [1.807, 2.05) is 60.4 Å². The van der Waals surface area contributed by atoms with Gasteiger partial charge in [0.1, 0.15) is 6.23 Å². The van der Waals surface area contributed by atoms with E-state index in [1.165, 1.54) is 0 Å². The Morgan fingerprint density at radius 2 is 1.69 bits per heavy atom. The van der Waals surface area contributed by atoms with Crippen LogP contribution in [0.4, 0.5) is 5.69 Å². The molecular weight excluding hydrogens is 362 g/mol. The van der Waals surface area contributed by atoms with Gasteiger partial charge in [-0.2, -0.15) is 0 Å². The van der Waals surface area contributed by atoms with Crippen molar-refractivity contribution in [1.82, 2.24) is 9.80 Å². The predicted molar refractivity (Wildman–Crippen MR) is 117 cm³/mol. The SMILES string of the molecule is COC(C)Nc1ccc(C#Cc2ccc(C(=O)N3CCC(N(C)C)C3)cc2)cc1. The average molecular weight is 392 g/mol. The summed E-state index contributed by atoms with van der Waals surface area (Å²) in [6.45, 7) is 3.56. The van der Waals surface area contributed by atoms with Crippen molar-refractivity contribution in [1.29, 1.82) is 0 Å². The predicted octanol–water partition coefficient (Wildman–Crippen LogP) is 3.27. The highest BCUT2D eigenvalue weighted by molar-refractivity contribution is 5.94. The second kappa shape index (κ2) is 9.60. The molecule has 1 saturated heterocycles. The van der Waals surface area contributed by atoms with E-state index in [-0.39, 0.29) is 12.1 Å². The van der Waals surface area contributed by atoms with E-state index in [1.54, 1.807) is 7.11 Å². The van der Waals surface area contributed by atoms with Gasteiger partial charge in [0, 0.05) is 48.6 Å². The first-order valence-corrected chi connectivity index (χ1v) is 9.93. The van der Waals surface area contributed by atoms with E-state index in [4.69, 9.17) is 4.74 Å². The molecule has 0 bridgehead atoms. The minimum absolute atomic E-state index is 0.0394. The summed E-state index contributed by atoms with van der Waals surface area (Å²) in [5.74, 6) is 6.43. The third kappa shape index (κ3) is 5.60. The van der Waals surface area contributed by atoms with Crippen LogP contribution in [0.5, 0.6) is 0 Å². The van der Waals surface area contributed by atoms with Crippen LogP contribution in [0, 0.1) is 11.8 Å². The summed E-state index contributed by atoms with van der Waals surface area (Å²) in [5, 5.41) is 3.23. The van der Waals surface area contributed by atoms with Gasteiger partial charge in [-0.15, -0.1) is 0 Å². The molecule has 1 amide bonds. The fourth-order valence-corrected chi connectivity index (χ4v) is 3.31. The third-order valence-corrected chi connectivity index (χ3v) is 5.27. The summed E-state index contributed by atoms with van der Waals surface area (Å²) >= 11 is 0. The maximum absolute atomic E-state index is 12.7. The molecule has 2 unspecified atom stereocenters. The van der Waals surface area contributed by atoms with Crippen LogP contribution >= 0.6 is 0 Å². The van der Waals surface area contributed by atoms with Crippen LogP contribution in [0.25, 0.3) is 0 Å². The number of rotatable bonds is 5. The van der Waals surface area contributed by atoms with Gasteiger partial charge in [-0.1, -0.05) is 11.8 Å². The molecule has 29 heavy (non-hydrogen) atoms. The Labute approximate surface area is 173 Å². The summed E-state index contributed by atoms with van der Waals surface area (Å²) in [7, 11) is 5.80. The summed E-state index contributed by atoms with van der Waals surface area (Å²) in [4.78, 5) is 16.8. The van der Waals surface area contributed by atoms with Crippen molar-refractivity contribution in [3.8, 4) is 11.8 Å². The monoisotopic (exact) mass is 391 g/mol. The lowest BCUT2D eigenvalue weighted by atomic mass is 10.1. The Morgan fingerprint density at radius 3 is 2.21 bits per heavy atom. The molecule has 1 aliphatic rings. The van der Waals surface area contributed by atoms with Gasteiger partial charge in [-0.05, 0) is 76.0 Å². The maximum atomic E-state index is 12.7. The van der Waals surface area contributed by atoms with Crippen LogP contribution in [-0.4, -0.2) is 62.3 Å². The maximum Gasteiger partial charge on any atom is 0.253 e. The number of nitrogens with one attached hydrogen (secondary N) is 1. The lowest BCUT2D eigenvalue weighted by molar-refractivity contribution is 0.0783. The topological polar surface area (TPSA) is 44.8 Å². The number of carbonyl (C=O) groups excluding carboxylic acids is 1. The molecule has 5 heteroatoms. The van der Waals surface area contributed by atoms with Gasteiger partial charge in [0.25, 0.3) is 5.91 Å². The molecule has 2 aromatic rings. The number of methoxy groups -OCH3 is 1. The normalized spacial score (nSPS) is 17.0. The van der Waals surface area contributed by atoms with Gasteiger partial charge in [-0.3, -0.25) is 4.79 Å². The van der Waals surface area contributed by atoms with E-state index in [9.17, 15) is 4.79 Å². The number of nitrogens with zero attached hydrogens (tertiary/aromatic N) is 2. The van der Waals surface area contributed by atoms with Crippen molar-refractivity contribution in [2.45, 2.75) is 25.6 Å². The molecule has 2 aromatic carbocycles. The third-order valence-electron chi connectivity index (χ3n) is 5.27. The van der Waals surface area contributed by atoms with E-state index < -0.39 is 0 Å². The van der Waals surface area contributed by atoms with Crippen molar-refractivity contribution in [3.63, 3.8) is 0 Å². The van der Waals surface area contributed by atoms with Crippen LogP contribution in [0.2, 0.25) is 0 Å². The van der Waals surface area contributed by atoms with Gasteiger partial charge in [0.2, 0.25) is 0 Å². The number of amides is 1. The van der Waals surface area contributed by atoms with Gasteiger partial charge >= 0.3 is 0 Å². The van der Waals surface area contributed by atoms with E-state index in [2.05, 4.69) is 36.2 Å². The molecule has 1 heterocycles. The summed E-state index contributed by atoms with van der Waals surface area (Å²) in [6.07, 6.45) is 0.989. The zero-order valence-corrected chi connectivity index (χ0v) is 17.6. The van der Waals surface area contributed by atoms with Gasteiger partial charge in [0.15, 0.2) is 0 Å². The molecule has 1 fully saturated rings. The average Bonchev–Trinajstić information content (AvgIpc) is 3.24. The fourth-order valence-electron chi connectivity index (χ4n) is 3.31. The van der Waals surface area contributed by atoms with Crippen molar-refractivity contribution < 1.29 is 9.53 Å². The Bertz CT molecular complexity index is 879. The quantitative estimate of drug-likeness (QED) is 0.628. The molecule has 0 radical (unpaired) electrons. The number of ether oxygens (including phenoxy) is 1. The van der Waals surface area contributed by atoms with Crippen molar-refractivity contribution >= 4 is 11.6 Å². The van der Waals surface area contributed by atoms with Crippen molar-refractivity contribution in [2.75, 3.05) is 39.6 Å². The minimum atomic E-state index is -0.0394. The molecule has 0 saturated carbocycles. The number of anilines is 1. The highest BCUT2D eigenvalue weighted by Crippen LogP contribution is 2.17. The fraction of sp³-hybridized carbons (Fsp3) is 0.375. The summed E-state index contributed by atoms with van der Waals surface area (Å²) in [5.41, 5.74) is 3.54. The van der Waals surface area contributed by atoms with Crippen LogP contribution in [-0.2, 0) is 4.74 Å². The summed E-state index contributed by atoms with van der Waals surface area (Å²) < 4.78 is 5.20. The number of benzene rings is 2. The second-order valence-electron chi connectivity index (χ2n) is 7.58. The molecule has 0 aliphatic carbocycles. The van der Waals surface area contributed by atoms with Crippen LogP contribution in [0.15, 0.2) is 48.5 Å². The van der Waals surface area contributed by atoms with Gasteiger partial charge < -0.3 is 19.9 Å². The first-order chi connectivity index (χ1) is 14.0. The number of likely N-dealkylation sites (N-methyl/N-ethyl adjacent to an activating group) is 1. The lowest BCUT2D eigenvalue weighted by Crippen LogP contribution is -2.34. The van der Waals surface area contributed by atoms with E-state index in [0.29, 0.717) is 6.04 Å². The molecule has 2 atom stereocenters. The second-order valence-corrected chi connectivity index (χ2v) is 7.58. The van der Waals surface area contributed by atoms with Crippen LogP contribution in [0.1, 0.15) is 34.8 Å². The number of carbonyl (C=O) groups is 1. The highest BCUT2D eigenvalue weighted by atomic mass is 16.5. The zero-order valence-electron chi connectivity index (χ0n) is 17.6. The molecule has 152 valence electrons. The Hall–Kier alpha value is -2.81. The standard InChI is InChI=1S/C24H29N3O2/c1-18(29-4)25-22-13-9-20(10-14-22)6-5-19-7-11-21(12-8-19)24(28)27-16-15-23(17-27)26(2)3/h7-14,18,23,25H,15-17H2,1-4H3. The first-order valence-electron chi connectivity index (χ1n) is 9.93. The first kappa shape index (κ1) is 20.9. The Kier molecular flexibility index (Phi) is 6.92. The number of hydrogen-bond acceptors (Lipinski definition) is 4. The molecule has 0 aromatic heterocycles. The minimum Gasteiger partial charge on any atom is -0.362 e. The largest absolute Gasteiger partial charge is 0.362 e. The van der Waals surface area contributed by atoms with Crippen LogP contribution < -0.4 is 5.32 Å². The van der Waals surface area contributed by atoms with Crippen molar-refractivity contribution in [2.24, 2.45) is 0 Å². The van der Waals surface area contributed by atoms with E-state index >= 15 is 0 Å². The molecule has 0 spiro atoms. The molecule has 1 aliphatic heterocycles. The van der Waals surface area contributed by atoms with Crippen LogP contribution in [0.3, 0.4) is 0 Å². The van der Waals surface area contributed by atoms with Gasteiger partial charge in [0.05, 0.1) is 0 Å². The lowest BCUT2D eigenvalue weighted by Gasteiger charge is -2.20. The smallest absolute Gasteiger partial charge is 0.253 e. The zero-order chi connectivity index (χ0) is 20.8. The molecule has 1 N–H and O–H groups in total. The number of hydrogen-bond donors (Lipinski definition) is 1. The molecule has 3 rings (SSSR count). The van der Waals surface area contributed by atoms with Crippen molar-refractivity contribution in [3.05, 3.63) is 65.2 Å². The Balaban J connectivity index is 1.61. The highest BCUT2D eigenvalue weighted by Gasteiger charge is 2.27. The Morgan fingerprint density at radius 1 is 1.10 bits per heavy atom. The van der Waals surface area contributed by atoms with E-state index in [0.717, 1.165) is 41.9 Å². The molecular formula is C24H29N3O2. The van der Waals surface area contributed by atoms with Gasteiger partial charge in [-0.25, -0.2) is 0 Å². The number of likely N-dealkylation sites (tertiary alicyclic amines) is 1.